The number of amides is 1. The summed E-state index contributed by atoms with van der Waals surface area (Å²) in [6, 6.07) is 6.20. The van der Waals surface area contributed by atoms with Crippen LogP contribution in [0, 0.1) is 0 Å². The lowest BCUT2D eigenvalue weighted by molar-refractivity contribution is -0.936. The first-order valence-electron chi connectivity index (χ1n) is 10.6. The van der Waals surface area contributed by atoms with E-state index in [0.29, 0.717) is 22.2 Å². The second kappa shape index (κ2) is 9.70. The van der Waals surface area contributed by atoms with Crippen LogP contribution in [0.4, 0.5) is 5.00 Å². The summed E-state index contributed by atoms with van der Waals surface area (Å²) in [4.78, 5) is 28.2. The number of sulfonamides is 1. The molecule has 0 radical (unpaired) electrons. The summed E-state index contributed by atoms with van der Waals surface area (Å²) >= 11 is 1.42. The SMILES string of the molecule is CCOC(=O)c1c(NC(=O)c2ccc(S(=O)(=O)N(C)C)cc2)sc2c1CC[NH+](C(C)C)C2. The number of nitrogens with one attached hydrogen (secondary N) is 2. The minimum absolute atomic E-state index is 0.106. The molecule has 0 aliphatic carbocycles. The van der Waals surface area contributed by atoms with Crippen LogP contribution in [-0.4, -0.2) is 57.9 Å². The van der Waals surface area contributed by atoms with E-state index in [1.54, 1.807) is 6.92 Å². The Morgan fingerprint density at radius 1 is 1.22 bits per heavy atom. The molecule has 1 atom stereocenters. The second-order valence-corrected chi connectivity index (χ2v) is 11.4. The van der Waals surface area contributed by atoms with Crippen LogP contribution in [0.2, 0.25) is 0 Å². The first-order valence-corrected chi connectivity index (χ1v) is 12.8. The Bertz CT molecular complexity index is 1110. The van der Waals surface area contributed by atoms with E-state index in [1.165, 1.54) is 54.6 Å². The largest absolute Gasteiger partial charge is 0.462 e. The number of quaternary nitrogens is 1. The fourth-order valence-electron chi connectivity index (χ4n) is 3.66. The van der Waals surface area contributed by atoms with Crippen molar-refractivity contribution in [1.29, 1.82) is 0 Å². The molecule has 1 aliphatic rings. The number of carbonyl (C=O) groups excluding carboxylic acids is 2. The predicted molar refractivity (Wildman–Crippen MR) is 124 cm³/mol. The number of rotatable bonds is 7. The Morgan fingerprint density at radius 2 is 1.88 bits per heavy atom. The van der Waals surface area contributed by atoms with Crippen molar-refractivity contribution in [2.24, 2.45) is 0 Å². The van der Waals surface area contributed by atoms with Gasteiger partial charge in [-0.2, -0.15) is 0 Å². The van der Waals surface area contributed by atoms with Gasteiger partial charge in [0.2, 0.25) is 10.0 Å². The number of benzene rings is 1. The lowest BCUT2D eigenvalue weighted by Crippen LogP contribution is -3.14. The zero-order chi connectivity index (χ0) is 23.6. The van der Waals surface area contributed by atoms with Gasteiger partial charge < -0.3 is 15.0 Å². The minimum Gasteiger partial charge on any atom is -0.462 e. The van der Waals surface area contributed by atoms with Crippen molar-refractivity contribution in [3.63, 3.8) is 0 Å². The maximum atomic E-state index is 12.9. The van der Waals surface area contributed by atoms with E-state index in [-0.39, 0.29) is 11.5 Å². The molecule has 1 unspecified atom stereocenters. The van der Waals surface area contributed by atoms with Gasteiger partial charge in [0.1, 0.15) is 11.5 Å². The van der Waals surface area contributed by atoms with Gasteiger partial charge in [-0.25, -0.2) is 17.5 Å². The lowest BCUT2D eigenvalue weighted by Gasteiger charge is -2.27. The van der Waals surface area contributed by atoms with Gasteiger partial charge in [0.25, 0.3) is 5.91 Å². The first-order chi connectivity index (χ1) is 15.1. The van der Waals surface area contributed by atoms with Crippen molar-refractivity contribution in [3.05, 3.63) is 45.8 Å². The Kier molecular flexibility index (Phi) is 7.39. The zero-order valence-electron chi connectivity index (χ0n) is 19.0. The topological polar surface area (TPSA) is 97.2 Å². The van der Waals surface area contributed by atoms with Crippen molar-refractivity contribution in [2.45, 2.75) is 44.7 Å². The highest BCUT2D eigenvalue weighted by atomic mass is 32.2. The molecule has 0 saturated carbocycles. The molecule has 2 heterocycles. The van der Waals surface area contributed by atoms with E-state index in [0.717, 1.165) is 34.3 Å². The number of hydrogen-bond acceptors (Lipinski definition) is 6. The summed E-state index contributed by atoms with van der Waals surface area (Å²) in [5.74, 6) is -0.836. The standard InChI is InChI=1S/C22H29N3O5S2/c1-6-30-22(27)19-17-11-12-25(14(2)3)13-18(17)31-21(19)23-20(26)15-7-9-16(10-8-15)32(28,29)24(4)5/h7-10,14H,6,11-13H2,1-5H3,(H,23,26)/p+1. The van der Waals surface area contributed by atoms with Crippen LogP contribution in [0.5, 0.6) is 0 Å². The molecule has 8 nitrogen and oxygen atoms in total. The zero-order valence-corrected chi connectivity index (χ0v) is 20.7. The average molecular weight is 481 g/mol. The Labute approximate surface area is 193 Å². The van der Waals surface area contributed by atoms with E-state index in [1.807, 2.05) is 0 Å². The number of fused-ring (bicyclic) bond motifs is 1. The van der Waals surface area contributed by atoms with Crippen LogP contribution in [0.25, 0.3) is 0 Å². The Morgan fingerprint density at radius 3 is 2.44 bits per heavy atom. The maximum absolute atomic E-state index is 12.9. The highest BCUT2D eigenvalue weighted by Crippen LogP contribution is 2.35. The van der Waals surface area contributed by atoms with Gasteiger partial charge in [0, 0.05) is 26.1 Å². The third-order valence-electron chi connectivity index (χ3n) is 5.59. The summed E-state index contributed by atoms with van der Waals surface area (Å²) in [5, 5.41) is 3.34. The molecule has 0 fully saturated rings. The van der Waals surface area contributed by atoms with Gasteiger partial charge in [-0.3, -0.25) is 4.79 Å². The molecule has 1 amide bonds. The molecule has 1 aromatic carbocycles. The summed E-state index contributed by atoms with van der Waals surface area (Å²) in [5.41, 5.74) is 1.70. The molecular formula is C22H30N3O5S2+. The number of esters is 1. The maximum Gasteiger partial charge on any atom is 0.341 e. The van der Waals surface area contributed by atoms with Crippen LogP contribution < -0.4 is 10.2 Å². The van der Waals surface area contributed by atoms with Crippen LogP contribution in [0.1, 0.15) is 51.9 Å². The Hall–Kier alpha value is -2.27. The predicted octanol–water partition coefficient (Wildman–Crippen LogP) is 1.78. The molecule has 3 rings (SSSR count). The van der Waals surface area contributed by atoms with Crippen LogP contribution in [0.3, 0.4) is 0 Å². The monoisotopic (exact) mass is 480 g/mol. The van der Waals surface area contributed by atoms with E-state index < -0.39 is 21.9 Å². The van der Waals surface area contributed by atoms with Gasteiger partial charge in [-0.1, -0.05) is 0 Å². The van der Waals surface area contributed by atoms with Crippen molar-refractivity contribution in [2.75, 3.05) is 32.6 Å². The minimum atomic E-state index is -3.58. The normalized spacial score (nSPS) is 16.2. The molecule has 1 aromatic heterocycles. The molecule has 0 saturated heterocycles. The molecule has 10 heteroatoms. The number of ether oxygens (including phenoxy) is 1. The summed E-state index contributed by atoms with van der Waals surface area (Å²) < 4.78 is 30.9. The second-order valence-electron chi connectivity index (χ2n) is 8.18. The van der Waals surface area contributed by atoms with E-state index in [9.17, 15) is 18.0 Å². The van der Waals surface area contributed by atoms with Crippen LogP contribution >= 0.6 is 11.3 Å². The summed E-state index contributed by atoms with van der Waals surface area (Å²) in [6.07, 6.45) is 0.750. The molecule has 174 valence electrons. The van der Waals surface area contributed by atoms with Crippen molar-refractivity contribution in [1.82, 2.24) is 4.31 Å². The quantitative estimate of drug-likeness (QED) is 0.589. The fourth-order valence-corrected chi connectivity index (χ4v) is 5.85. The van der Waals surface area contributed by atoms with Gasteiger partial charge in [0.05, 0.1) is 34.5 Å². The van der Waals surface area contributed by atoms with Gasteiger partial charge in [0.15, 0.2) is 0 Å². The molecule has 1 aliphatic heterocycles. The Balaban J connectivity index is 1.89. The number of anilines is 1. The van der Waals surface area contributed by atoms with Crippen LogP contribution in [-0.2, 0) is 27.7 Å². The van der Waals surface area contributed by atoms with E-state index >= 15 is 0 Å². The number of hydrogen-bond donors (Lipinski definition) is 2. The molecule has 0 spiro atoms. The average Bonchev–Trinajstić information content (AvgIpc) is 3.10. The molecule has 2 N–H and O–H groups in total. The molecule has 32 heavy (non-hydrogen) atoms. The number of carbonyl (C=O) groups is 2. The molecule has 2 aromatic rings. The van der Waals surface area contributed by atoms with Gasteiger partial charge >= 0.3 is 5.97 Å². The molecular weight excluding hydrogens is 450 g/mol. The lowest BCUT2D eigenvalue weighted by atomic mass is 10.0. The van der Waals surface area contributed by atoms with Gasteiger partial charge in [-0.05, 0) is 50.6 Å². The summed E-state index contributed by atoms with van der Waals surface area (Å²) in [6.45, 7) is 8.07. The highest BCUT2D eigenvalue weighted by Gasteiger charge is 2.32. The van der Waals surface area contributed by atoms with E-state index in [4.69, 9.17) is 4.74 Å². The fraction of sp³-hybridized carbons (Fsp3) is 0.455. The van der Waals surface area contributed by atoms with E-state index in [2.05, 4.69) is 19.2 Å². The smallest absolute Gasteiger partial charge is 0.341 e. The van der Waals surface area contributed by atoms with Crippen molar-refractivity contribution in [3.8, 4) is 0 Å². The third kappa shape index (κ3) is 4.88. The molecule has 0 bridgehead atoms. The van der Waals surface area contributed by atoms with Crippen LogP contribution in [0.15, 0.2) is 29.2 Å². The number of nitrogens with zero attached hydrogens (tertiary/aromatic N) is 1. The third-order valence-corrected chi connectivity index (χ3v) is 8.57. The number of thiophene rings is 1. The summed E-state index contributed by atoms with van der Waals surface area (Å²) in [7, 11) is -0.673. The van der Waals surface area contributed by atoms with Crippen molar-refractivity contribution >= 4 is 38.2 Å². The first kappa shape index (κ1) is 24.4. The van der Waals surface area contributed by atoms with Crippen molar-refractivity contribution < 1.29 is 27.6 Å². The highest BCUT2D eigenvalue weighted by molar-refractivity contribution is 7.89. The van der Waals surface area contributed by atoms with Gasteiger partial charge in [-0.15, -0.1) is 11.3 Å².